The lowest BCUT2D eigenvalue weighted by molar-refractivity contribution is -0.134. The SMILES string of the molecule is CCN1Cc2cc(S(N)(=O)=O)sc2S(=O)(=O)C[C@H]1C.O=C(O)/C=C\C(=O)O. The lowest BCUT2D eigenvalue weighted by atomic mass is 10.2. The fourth-order valence-electron chi connectivity index (χ4n) is 2.34. The van der Waals surface area contributed by atoms with E-state index in [9.17, 15) is 26.4 Å². The number of primary sulfonamides is 1. The first kappa shape index (κ1) is 23.2. The Morgan fingerprint density at radius 3 is 2.26 bits per heavy atom. The molecule has 0 aliphatic carbocycles. The number of aliphatic carboxylic acids is 2. The van der Waals surface area contributed by atoms with Crippen LogP contribution in [0.4, 0.5) is 0 Å². The Bertz CT molecular complexity index is 931. The summed E-state index contributed by atoms with van der Waals surface area (Å²) in [6.45, 7) is 4.94. The molecule has 0 amide bonds. The summed E-state index contributed by atoms with van der Waals surface area (Å²) in [5.41, 5.74) is 0.528. The quantitative estimate of drug-likeness (QED) is 0.549. The van der Waals surface area contributed by atoms with Crippen LogP contribution in [0.2, 0.25) is 0 Å². The van der Waals surface area contributed by atoms with Crippen molar-refractivity contribution in [2.45, 2.75) is 34.9 Å². The molecule has 27 heavy (non-hydrogen) atoms. The highest BCUT2D eigenvalue weighted by Crippen LogP contribution is 2.34. The third-order valence-corrected chi connectivity index (χ3v) is 8.69. The van der Waals surface area contributed by atoms with Gasteiger partial charge < -0.3 is 10.2 Å². The van der Waals surface area contributed by atoms with Crippen LogP contribution < -0.4 is 5.14 Å². The molecule has 0 spiro atoms. The predicted molar refractivity (Wildman–Crippen MR) is 97.7 cm³/mol. The minimum atomic E-state index is -3.86. The Kier molecular flexibility index (Phi) is 7.68. The maximum Gasteiger partial charge on any atom is 0.328 e. The van der Waals surface area contributed by atoms with Crippen molar-refractivity contribution in [3.63, 3.8) is 0 Å². The summed E-state index contributed by atoms with van der Waals surface area (Å²) >= 11 is 0.750. The lowest BCUT2D eigenvalue weighted by Gasteiger charge is -2.24. The fourth-order valence-corrected chi connectivity index (χ4v) is 6.66. The van der Waals surface area contributed by atoms with Crippen LogP contribution >= 0.6 is 11.3 Å². The molecule has 1 aromatic heterocycles. The van der Waals surface area contributed by atoms with Crippen molar-refractivity contribution in [2.24, 2.45) is 5.14 Å². The molecular weight excluding hydrogens is 420 g/mol. The van der Waals surface area contributed by atoms with Gasteiger partial charge in [-0.25, -0.2) is 31.6 Å². The Labute approximate surface area is 160 Å². The molecule has 1 atom stereocenters. The van der Waals surface area contributed by atoms with Gasteiger partial charge in [0.15, 0.2) is 9.84 Å². The van der Waals surface area contributed by atoms with Crippen molar-refractivity contribution in [1.29, 1.82) is 0 Å². The Morgan fingerprint density at radius 2 is 1.85 bits per heavy atom. The number of nitrogens with zero attached hydrogens (tertiary/aromatic N) is 1. The van der Waals surface area contributed by atoms with Gasteiger partial charge in [-0.3, -0.25) is 4.90 Å². The van der Waals surface area contributed by atoms with E-state index in [0.29, 0.717) is 30.8 Å². The van der Waals surface area contributed by atoms with E-state index in [4.69, 9.17) is 15.4 Å². The molecule has 0 aromatic carbocycles. The lowest BCUT2D eigenvalue weighted by Crippen LogP contribution is -2.35. The molecule has 1 aliphatic heterocycles. The van der Waals surface area contributed by atoms with Crippen LogP contribution in [0.1, 0.15) is 19.4 Å². The smallest absolute Gasteiger partial charge is 0.328 e. The number of fused-ring (bicyclic) bond motifs is 1. The van der Waals surface area contributed by atoms with Crippen molar-refractivity contribution in [3.8, 4) is 0 Å². The van der Waals surface area contributed by atoms with E-state index in [2.05, 4.69) is 0 Å². The number of sulfonamides is 1. The zero-order chi connectivity index (χ0) is 21.0. The maximum absolute atomic E-state index is 12.3. The number of rotatable bonds is 4. The highest BCUT2D eigenvalue weighted by molar-refractivity contribution is 7.95. The molecule has 13 heteroatoms. The van der Waals surface area contributed by atoms with Gasteiger partial charge in [0.1, 0.15) is 8.42 Å². The van der Waals surface area contributed by atoms with Crippen molar-refractivity contribution >= 4 is 43.1 Å². The first-order valence-electron chi connectivity index (χ1n) is 7.54. The second-order valence-corrected chi connectivity index (χ2v) is 10.7. The molecule has 1 aliphatic rings. The molecule has 0 radical (unpaired) electrons. The van der Waals surface area contributed by atoms with Crippen LogP contribution in [0.25, 0.3) is 0 Å². The third kappa shape index (κ3) is 6.70. The van der Waals surface area contributed by atoms with Crippen molar-refractivity contribution in [1.82, 2.24) is 4.90 Å². The van der Waals surface area contributed by atoms with E-state index in [-0.39, 0.29) is 20.2 Å². The number of sulfone groups is 1. The predicted octanol–water partition coefficient (Wildman–Crippen LogP) is 0.105. The van der Waals surface area contributed by atoms with Crippen LogP contribution in [0.15, 0.2) is 26.6 Å². The summed E-state index contributed by atoms with van der Waals surface area (Å²) in [5.74, 6) is -2.52. The van der Waals surface area contributed by atoms with Crippen molar-refractivity contribution in [3.05, 3.63) is 23.8 Å². The van der Waals surface area contributed by atoms with Gasteiger partial charge in [0, 0.05) is 24.7 Å². The molecule has 152 valence electrons. The molecule has 0 saturated heterocycles. The van der Waals surface area contributed by atoms with Crippen LogP contribution in [0, 0.1) is 0 Å². The van der Waals surface area contributed by atoms with Crippen LogP contribution in [-0.4, -0.2) is 62.2 Å². The minimum Gasteiger partial charge on any atom is -0.478 e. The van der Waals surface area contributed by atoms with E-state index >= 15 is 0 Å². The molecule has 10 nitrogen and oxygen atoms in total. The average molecular weight is 441 g/mol. The number of carboxylic acid groups (broad SMARTS) is 2. The average Bonchev–Trinajstić information content (AvgIpc) is 2.92. The molecule has 0 fully saturated rings. The summed E-state index contributed by atoms with van der Waals surface area (Å²) in [7, 11) is -7.31. The first-order valence-corrected chi connectivity index (χ1v) is 11.6. The second-order valence-electron chi connectivity index (χ2n) is 5.63. The van der Waals surface area contributed by atoms with Gasteiger partial charge in [0.25, 0.3) is 0 Å². The van der Waals surface area contributed by atoms with Gasteiger partial charge in [-0.15, -0.1) is 11.3 Å². The monoisotopic (exact) mass is 440 g/mol. The van der Waals surface area contributed by atoms with E-state index in [0.717, 1.165) is 11.3 Å². The largest absolute Gasteiger partial charge is 0.478 e. The van der Waals surface area contributed by atoms with E-state index in [1.165, 1.54) is 6.07 Å². The van der Waals surface area contributed by atoms with Gasteiger partial charge in [-0.2, -0.15) is 0 Å². The van der Waals surface area contributed by atoms with E-state index < -0.39 is 31.8 Å². The first-order chi connectivity index (χ1) is 12.3. The van der Waals surface area contributed by atoms with Crippen molar-refractivity contribution in [2.75, 3.05) is 12.3 Å². The fraction of sp³-hybridized carbons (Fsp3) is 0.429. The number of thiophene rings is 1. The van der Waals surface area contributed by atoms with Crippen molar-refractivity contribution < 1.29 is 36.6 Å². The zero-order valence-electron chi connectivity index (χ0n) is 14.5. The number of hydrogen-bond donors (Lipinski definition) is 3. The molecule has 2 heterocycles. The van der Waals surface area contributed by atoms with Gasteiger partial charge in [0.2, 0.25) is 10.0 Å². The maximum atomic E-state index is 12.3. The van der Waals surface area contributed by atoms with E-state index in [1.807, 2.05) is 18.7 Å². The zero-order valence-corrected chi connectivity index (χ0v) is 17.0. The Morgan fingerprint density at radius 1 is 1.33 bits per heavy atom. The number of nitrogens with two attached hydrogens (primary N) is 1. The summed E-state index contributed by atoms with van der Waals surface area (Å²) in [4.78, 5) is 21.1. The molecule has 0 unspecified atom stereocenters. The molecule has 0 bridgehead atoms. The standard InChI is InChI=1S/C10H16N2O4S3.C4H4O4/c1-3-12-5-8-4-9(19(11,15)16)17-10(8)18(13,14)6-7(12)2;5-3(6)1-2-4(7)8/h4,7H,3,5-6H2,1-2H3,(H2,11,15,16);1-2H,(H,5,6)(H,7,8)/b;2-1-/t7-;/m1./s1. The molecule has 2 rings (SSSR count). The molecule has 1 aromatic rings. The normalized spacial score (nSPS) is 19.6. The molecule has 0 saturated carbocycles. The van der Waals surface area contributed by atoms with Crippen LogP contribution in [-0.2, 0) is 36.0 Å². The van der Waals surface area contributed by atoms with Gasteiger partial charge in [-0.05, 0) is 25.1 Å². The number of carbonyl (C=O) groups is 2. The summed E-state index contributed by atoms with van der Waals surface area (Å²) in [5, 5.41) is 20.7. The Hall–Kier alpha value is -1.80. The highest BCUT2D eigenvalue weighted by atomic mass is 32.3. The molecule has 4 N–H and O–H groups in total. The third-order valence-electron chi connectivity index (χ3n) is 3.54. The molecular formula is C14H20N2O8S3. The topological polar surface area (TPSA) is 172 Å². The van der Waals surface area contributed by atoms with Crippen LogP contribution in [0.3, 0.4) is 0 Å². The Balaban J connectivity index is 0.000000387. The summed E-state index contributed by atoms with van der Waals surface area (Å²) < 4.78 is 47.2. The van der Waals surface area contributed by atoms with Crippen LogP contribution in [0.5, 0.6) is 0 Å². The van der Waals surface area contributed by atoms with Gasteiger partial charge in [0.05, 0.1) is 5.75 Å². The van der Waals surface area contributed by atoms with Gasteiger partial charge in [-0.1, -0.05) is 6.92 Å². The summed E-state index contributed by atoms with van der Waals surface area (Å²) in [6, 6.07) is 1.29. The summed E-state index contributed by atoms with van der Waals surface area (Å²) in [6.07, 6.45) is 1.12. The number of hydrogen-bond acceptors (Lipinski definition) is 8. The minimum absolute atomic E-state index is 0.00158. The number of carboxylic acids is 2. The van der Waals surface area contributed by atoms with E-state index in [1.54, 1.807) is 0 Å². The second kappa shape index (κ2) is 8.93. The van der Waals surface area contributed by atoms with Gasteiger partial charge >= 0.3 is 11.9 Å². The highest BCUT2D eigenvalue weighted by Gasteiger charge is 2.33.